The second-order valence-electron chi connectivity index (χ2n) is 4.01. The second-order valence-corrected chi connectivity index (χ2v) is 4.01. The molecule has 0 fully saturated rings. The number of methoxy groups -OCH3 is 1. The van der Waals surface area contributed by atoms with Crippen LogP contribution in [0.3, 0.4) is 0 Å². The van der Waals surface area contributed by atoms with Crippen LogP contribution in [0.25, 0.3) is 0 Å². The number of ether oxygens (including phenoxy) is 1. The number of carboxylic acid groups (broad SMARTS) is 1. The molecular weight excluding hydrogens is 280 g/mol. The van der Waals surface area contributed by atoms with E-state index in [1.807, 2.05) is 6.07 Å². The summed E-state index contributed by atoms with van der Waals surface area (Å²) in [5.74, 6) is -1.24. The molecule has 1 heterocycles. The lowest BCUT2D eigenvalue weighted by Gasteiger charge is -2.23. The number of carboxylic acids is 1. The van der Waals surface area contributed by atoms with Crippen LogP contribution in [0.5, 0.6) is 0 Å². The molecule has 112 valence electrons. The number of pyridine rings is 1. The lowest BCUT2D eigenvalue weighted by atomic mass is 10.2. The Kier molecular flexibility index (Phi) is 6.03. The zero-order valence-electron chi connectivity index (χ0n) is 11.4. The molecule has 1 N–H and O–H groups in total. The molecule has 0 saturated heterocycles. The Morgan fingerprint density at radius 3 is 2.86 bits per heavy atom. The normalized spacial score (nSPS) is 9.90. The van der Waals surface area contributed by atoms with Crippen LogP contribution in [0, 0.1) is 21.4 Å². The Labute approximate surface area is 120 Å². The third kappa shape index (κ3) is 4.39. The maximum atomic E-state index is 11.3. The minimum Gasteiger partial charge on any atom is -0.478 e. The molecule has 21 heavy (non-hydrogen) atoms. The van der Waals surface area contributed by atoms with Crippen LogP contribution in [0.1, 0.15) is 16.8 Å². The fraction of sp³-hybridized carbons (Fsp3) is 0.417. The SMILES string of the molecule is COCCN(CCC#N)c1ncc([N+](=O)[O-])cc1C(=O)O. The van der Waals surface area contributed by atoms with Crippen molar-refractivity contribution in [2.24, 2.45) is 0 Å². The molecule has 0 aromatic carbocycles. The van der Waals surface area contributed by atoms with Gasteiger partial charge in [0.1, 0.15) is 17.6 Å². The average molecular weight is 294 g/mol. The van der Waals surface area contributed by atoms with E-state index in [0.29, 0.717) is 13.2 Å². The van der Waals surface area contributed by atoms with Crippen molar-refractivity contribution in [3.63, 3.8) is 0 Å². The van der Waals surface area contributed by atoms with E-state index < -0.39 is 16.6 Å². The van der Waals surface area contributed by atoms with E-state index in [9.17, 15) is 20.0 Å². The summed E-state index contributed by atoms with van der Waals surface area (Å²) in [5, 5.41) is 28.5. The molecule has 0 amide bonds. The third-order valence-corrected chi connectivity index (χ3v) is 2.65. The molecule has 0 saturated carbocycles. The van der Waals surface area contributed by atoms with E-state index in [2.05, 4.69) is 4.98 Å². The number of aromatic carboxylic acids is 1. The first-order valence-electron chi connectivity index (χ1n) is 5.99. The summed E-state index contributed by atoms with van der Waals surface area (Å²) in [6, 6.07) is 2.91. The van der Waals surface area contributed by atoms with Gasteiger partial charge in [0.25, 0.3) is 5.69 Å². The summed E-state index contributed by atoms with van der Waals surface area (Å²) in [7, 11) is 1.49. The van der Waals surface area contributed by atoms with Crippen LogP contribution in [0.4, 0.5) is 11.5 Å². The van der Waals surface area contributed by atoms with Gasteiger partial charge in [-0.2, -0.15) is 5.26 Å². The van der Waals surface area contributed by atoms with Gasteiger partial charge < -0.3 is 14.7 Å². The summed E-state index contributed by atoms with van der Waals surface area (Å²) >= 11 is 0. The fourth-order valence-electron chi connectivity index (χ4n) is 1.67. The molecule has 0 aliphatic carbocycles. The first kappa shape index (κ1) is 16.3. The quantitative estimate of drug-likeness (QED) is 0.556. The second kappa shape index (κ2) is 7.76. The van der Waals surface area contributed by atoms with Gasteiger partial charge in [0.15, 0.2) is 0 Å². The van der Waals surface area contributed by atoms with Crippen molar-refractivity contribution in [1.29, 1.82) is 5.26 Å². The zero-order valence-corrected chi connectivity index (χ0v) is 11.4. The molecule has 9 nitrogen and oxygen atoms in total. The van der Waals surface area contributed by atoms with Crippen LogP contribution < -0.4 is 4.90 Å². The van der Waals surface area contributed by atoms with Crippen LogP contribution in [-0.4, -0.2) is 47.8 Å². The molecule has 1 rings (SSSR count). The van der Waals surface area contributed by atoms with Crippen molar-refractivity contribution in [3.05, 3.63) is 27.9 Å². The van der Waals surface area contributed by atoms with Crippen molar-refractivity contribution >= 4 is 17.5 Å². The number of anilines is 1. The highest BCUT2D eigenvalue weighted by molar-refractivity contribution is 5.94. The Morgan fingerprint density at radius 2 is 2.33 bits per heavy atom. The van der Waals surface area contributed by atoms with Gasteiger partial charge in [0, 0.05) is 26.3 Å². The minimum absolute atomic E-state index is 0.0837. The van der Waals surface area contributed by atoms with Gasteiger partial charge >= 0.3 is 5.97 Å². The number of aromatic nitrogens is 1. The molecule has 0 spiro atoms. The van der Waals surface area contributed by atoms with Crippen LogP contribution in [0.2, 0.25) is 0 Å². The predicted octanol–water partition coefficient (Wildman–Crippen LogP) is 1.05. The highest BCUT2D eigenvalue weighted by Crippen LogP contribution is 2.22. The van der Waals surface area contributed by atoms with Crippen molar-refractivity contribution in [2.45, 2.75) is 6.42 Å². The van der Waals surface area contributed by atoms with Crippen LogP contribution >= 0.6 is 0 Å². The first-order valence-corrected chi connectivity index (χ1v) is 5.99. The number of nitriles is 1. The summed E-state index contributed by atoms with van der Waals surface area (Å²) in [4.78, 5) is 26.7. The Hall–Kier alpha value is -2.73. The topological polar surface area (TPSA) is 130 Å². The maximum Gasteiger partial charge on any atom is 0.339 e. The van der Waals surface area contributed by atoms with Gasteiger partial charge in [0.05, 0.1) is 24.0 Å². The van der Waals surface area contributed by atoms with Gasteiger partial charge in [-0.15, -0.1) is 0 Å². The molecule has 0 radical (unpaired) electrons. The number of rotatable bonds is 8. The molecule has 0 bridgehead atoms. The van der Waals surface area contributed by atoms with Crippen LogP contribution in [-0.2, 0) is 4.74 Å². The van der Waals surface area contributed by atoms with E-state index in [0.717, 1.165) is 12.3 Å². The van der Waals surface area contributed by atoms with Crippen molar-refractivity contribution < 1.29 is 19.6 Å². The summed E-state index contributed by atoms with van der Waals surface area (Å²) in [6.45, 7) is 0.886. The van der Waals surface area contributed by atoms with Gasteiger partial charge in [0.2, 0.25) is 0 Å². The maximum absolute atomic E-state index is 11.3. The summed E-state index contributed by atoms with van der Waals surface area (Å²) in [5.41, 5.74) is -0.679. The summed E-state index contributed by atoms with van der Waals surface area (Å²) in [6.07, 6.45) is 1.16. The highest BCUT2D eigenvalue weighted by atomic mass is 16.6. The zero-order chi connectivity index (χ0) is 15.8. The highest BCUT2D eigenvalue weighted by Gasteiger charge is 2.21. The minimum atomic E-state index is -1.32. The largest absolute Gasteiger partial charge is 0.478 e. The average Bonchev–Trinajstić information content (AvgIpc) is 2.46. The lowest BCUT2D eigenvalue weighted by Crippen LogP contribution is -2.30. The van der Waals surface area contributed by atoms with E-state index in [4.69, 9.17) is 10.00 Å². The molecule has 0 aliphatic heterocycles. The lowest BCUT2D eigenvalue weighted by molar-refractivity contribution is -0.385. The molecule has 9 heteroatoms. The van der Waals surface area contributed by atoms with Gasteiger partial charge in [-0.25, -0.2) is 9.78 Å². The molecular formula is C12H14N4O5. The molecule has 0 atom stereocenters. The van der Waals surface area contributed by atoms with Crippen molar-refractivity contribution in [2.75, 3.05) is 31.7 Å². The van der Waals surface area contributed by atoms with E-state index in [1.54, 1.807) is 4.90 Å². The van der Waals surface area contributed by atoms with Gasteiger partial charge in [-0.05, 0) is 0 Å². The van der Waals surface area contributed by atoms with Crippen LogP contribution in [0.15, 0.2) is 12.3 Å². The van der Waals surface area contributed by atoms with E-state index in [1.165, 1.54) is 7.11 Å². The summed E-state index contributed by atoms with van der Waals surface area (Å²) < 4.78 is 4.93. The molecule has 1 aromatic rings. The van der Waals surface area contributed by atoms with Gasteiger partial charge in [-0.3, -0.25) is 10.1 Å². The standard InChI is InChI=1S/C12H14N4O5/c1-21-6-5-15(4-2-3-13)11-10(12(17)18)7-9(8-14-11)16(19)20/h7-8H,2,4-6H2,1H3,(H,17,18). The Balaban J connectivity index is 3.19. The fourth-order valence-corrected chi connectivity index (χ4v) is 1.67. The number of carbonyl (C=O) groups is 1. The van der Waals surface area contributed by atoms with E-state index in [-0.39, 0.29) is 24.3 Å². The molecule has 0 unspecified atom stereocenters. The number of hydrogen-bond donors (Lipinski definition) is 1. The Morgan fingerprint density at radius 1 is 1.62 bits per heavy atom. The number of nitro groups is 1. The van der Waals surface area contributed by atoms with Gasteiger partial charge in [-0.1, -0.05) is 0 Å². The Bertz CT molecular complexity index is 569. The number of nitrogens with zero attached hydrogens (tertiary/aromatic N) is 4. The number of hydrogen-bond acceptors (Lipinski definition) is 7. The first-order chi connectivity index (χ1) is 10.0. The molecule has 1 aromatic heterocycles. The smallest absolute Gasteiger partial charge is 0.339 e. The van der Waals surface area contributed by atoms with Crippen molar-refractivity contribution in [3.8, 4) is 6.07 Å². The molecule has 0 aliphatic rings. The predicted molar refractivity (Wildman–Crippen MR) is 72.2 cm³/mol. The van der Waals surface area contributed by atoms with Crippen molar-refractivity contribution in [1.82, 2.24) is 4.98 Å². The van der Waals surface area contributed by atoms with E-state index >= 15 is 0 Å². The third-order valence-electron chi connectivity index (χ3n) is 2.65. The monoisotopic (exact) mass is 294 g/mol.